The van der Waals surface area contributed by atoms with Gasteiger partial charge in [0.2, 0.25) is 21.8 Å². The topological polar surface area (TPSA) is 96.0 Å². The normalized spacial score (nSPS) is 12.6. The third-order valence-electron chi connectivity index (χ3n) is 5.57. The number of methoxy groups -OCH3 is 1. The molecule has 0 fully saturated rings. The number of halogens is 1. The number of nitrogens with zero attached hydrogens (tertiary/aromatic N) is 2. The number of rotatable bonds is 10. The first kappa shape index (κ1) is 29.5. The zero-order chi connectivity index (χ0) is 27.3. The molecule has 0 aliphatic heterocycles. The molecule has 0 saturated carbocycles. The highest BCUT2D eigenvalue weighted by Gasteiger charge is 2.34. The highest BCUT2D eigenvalue weighted by atomic mass is 35.5. The van der Waals surface area contributed by atoms with E-state index >= 15 is 0 Å². The van der Waals surface area contributed by atoms with Gasteiger partial charge in [0.15, 0.2) is 0 Å². The lowest BCUT2D eigenvalue weighted by Gasteiger charge is -2.35. The van der Waals surface area contributed by atoms with Crippen LogP contribution in [-0.2, 0) is 26.2 Å². The molecule has 2 amide bonds. The Morgan fingerprint density at radius 2 is 1.78 bits per heavy atom. The summed E-state index contributed by atoms with van der Waals surface area (Å²) in [7, 11) is -2.51. The van der Waals surface area contributed by atoms with Gasteiger partial charge >= 0.3 is 0 Å². The highest BCUT2D eigenvalue weighted by Crippen LogP contribution is 2.33. The van der Waals surface area contributed by atoms with Gasteiger partial charge in [-0.15, -0.1) is 0 Å². The minimum absolute atomic E-state index is 0.142. The van der Waals surface area contributed by atoms with Crippen molar-refractivity contribution >= 4 is 39.1 Å². The Morgan fingerprint density at radius 1 is 1.14 bits per heavy atom. The Bertz CT molecular complexity index is 1190. The smallest absolute Gasteiger partial charge is 0.244 e. The molecule has 0 aromatic heterocycles. The quantitative estimate of drug-likeness (QED) is 0.491. The van der Waals surface area contributed by atoms with E-state index in [0.717, 1.165) is 21.7 Å². The summed E-state index contributed by atoms with van der Waals surface area (Å²) in [5, 5.41) is 3.24. The molecule has 8 nitrogen and oxygen atoms in total. The van der Waals surface area contributed by atoms with Crippen LogP contribution in [0.25, 0.3) is 0 Å². The maximum atomic E-state index is 13.8. The van der Waals surface area contributed by atoms with E-state index < -0.39 is 34.1 Å². The second-order valence-corrected chi connectivity index (χ2v) is 12.0. The zero-order valence-electron chi connectivity index (χ0n) is 22.0. The van der Waals surface area contributed by atoms with Crippen molar-refractivity contribution < 1.29 is 22.7 Å². The molecule has 0 saturated heterocycles. The molecule has 0 aliphatic rings. The fraction of sp³-hybridized carbons (Fsp3) is 0.462. The molecule has 2 aromatic carbocycles. The first-order valence-electron chi connectivity index (χ1n) is 11.6. The second kappa shape index (κ2) is 12.0. The van der Waals surface area contributed by atoms with Crippen molar-refractivity contribution in [3.8, 4) is 5.75 Å². The largest absolute Gasteiger partial charge is 0.495 e. The van der Waals surface area contributed by atoms with Crippen molar-refractivity contribution in [3.05, 3.63) is 58.6 Å². The van der Waals surface area contributed by atoms with Gasteiger partial charge in [-0.2, -0.15) is 0 Å². The second-order valence-electron chi connectivity index (χ2n) is 9.70. The summed E-state index contributed by atoms with van der Waals surface area (Å²) < 4.78 is 31.9. The first-order valence-corrected chi connectivity index (χ1v) is 13.9. The summed E-state index contributed by atoms with van der Waals surface area (Å²) in [5.74, 6) is -0.583. The monoisotopic (exact) mass is 537 g/mol. The Balaban J connectivity index is 2.55. The first-order chi connectivity index (χ1) is 16.7. The molecule has 2 aromatic rings. The molecule has 0 unspecified atom stereocenters. The molecular formula is C26H36ClN3O5S. The fourth-order valence-electron chi connectivity index (χ4n) is 3.80. The molecule has 0 bridgehead atoms. The lowest BCUT2D eigenvalue weighted by atomic mass is 10.0. The number of benzene rings is 2. The van der Waals surface area contributed by atoms with Gasteiger partial charge in [0.25, 0.3) is 0 Å². The summed E-state index contributed by atoms with van der Waals surface area (Å²) in [4.78, 5) is 28.5. The van der Waals surface area contributed by atoms with Crippen LogP contribution in [0.1, 0.15) is 45.2 Å². The van der Waals surface area contributed by atoms with E-state index in [-0.39, 0.29) is 23.9 Å². The summed E-state index contributed by atoms with van der Waals surface area (Å²) in [6, 6.07) is 11.3. The van der Waals surface area contributed by atoms with Crippen molar-refractivity contribution in [3.63, 3.8) is 0 Å². The van der Waals surface area contributed by atoms with Crippen LogP contribution in [0.15, 0.2) is 42.5 Å². The molecule has 1 N–H and O–H groups in total. The molecule has 0 heterocycles. The van der Waals surface area contributed by atoms with E-state index in [2.05, 4.69) is 5.32 Å². The molecule has 36 heavy (non-hydrogen) atoms. The number of carbonyl (C=O) groups is 2. The van der Waals surface area contributed by atoms with Gasteiger partial charge < -0.3 is 15.0 Å². The molecular weight excluding hydrogens is 502 g/mol. The lowest BCUT2D eigenvalue weighted by molar-refractivity contribution is -0.141. The van der Waals surface area contributed by atoms with Crippen molar-refractivity contribution in [2.75, 3.05) is 24.2 Å². The predicted octanol–water partition coefficient (Wildman–Crippen LogP) is 4.15. The number of hydrogen-bond acceptors (Lipinski definition) is 5. The van der Waals surface area contributed by atoms with Gasteiger partial charge in [0, 0.05) is 17.1 Å². The molecule has 0 spiro atoms. The van der Waals surface area contributed by atoms with E-state index in [1.165, 1.54) is 24.1 Å². The van der Waals surface area contributed by atoms with Crippen LogP contribution in [0.2, 0.25) is 5.02 Å². The number of aryl methyl sites for hydroxylation is 1. The van der Waals surface area contributed by atoms with Crippen LogP contribution in [0.3, 0.4) is 0 Å². The molecule has 2 rings (SSSR count). The van der Waals surface area contributed by atoms with Gasteiger partial charge in [-0.3, -0.25) is 13.9 Å². The van der Waals surface area contributed by atoms with Gasteiger partial charge in [-0.1, -0.05) is 42.8 Å². The number of nitrogens with one attached hydrogen (secondary N) is 1. The van der Waals surface area contributed by atoms with E-state index in [1.54, 1.807) is 6.07 Å². The van der Waals surface area contributed by atoms with Crippen LogP contribution < -0.4 is 14.4 Å². The zero-order valence-corrected chi connectivity index (χ0v) is 23.5. The molecule has 1 atom stereocenters. The Labute approximate surface area is 219 Å². The van der Waals surface area contributed by atoms with Gasteiger partial charge in [-0.05, 0) is 63.4 Å². The maximum absolute atomic E-state index is 13.8. The number of ether oxygens (including phenoxy) is 1. The maximum Gasteiger partial charge on any atom is 0.244 e. The number of anilines is 1. The lowest BCUT2D eigenvalue weighted by Crippen LogP contribution is -2.55. The molecule has 0 radical (unpaired) electrons. The van der Waals surface area contributed by atoms with E-state index in [0.29, 0.717) is 11.4 Å². The summed E-state index contributed by atoms with van der Waals surface area (Å²) in [6.07, 6.45) is 1.36. The number of hydrogen-bond donors (Lipinski definition) is 1. The summed E-state index contributed by atoms with van der Waals surface area (Å²) >= 11 is 6.14. The Hall–Kier alpha value is -2.78. The standard InChI is InChI=1S/C26H36ClN3O5S/c1-8-21(25(32)28-26(3,4)5)29(16-19-12-10-9-11-18(19)2)24(31)17-30(36(7,33)34)22-15-20(27)13-14-23(22)35-6/h9-15,21H,8,16-17H2,1-7H3,(H,28,32)/t21-/m1/s1. The van der Waals surface area contributed by atoms with Crippen LogP contribution in [0, 0.1) is 6.92 Å². The van der Waals surface area contributed by atoms with Crippen LogP contribution in [-0.4, -0.2) is 56.6 Å². The van der Waals surface area contributed by atoms with Gasteiger partial charge in [0.1, 0.15) is 18.3 Å². The molecule has 198 valence electrons. The highest BCUT2D eigenvalue weighted by molar-refractivity contribution is 7.92. The molecule has 10 heteroatoms. The third kappa shape index (κ3) is 7.86. The predicted molar refractivity (Wildman–Crippen MR) is 144 cm³/mol. The van der Waals surface area contributed by atoms with Gasteiger partial charge in [0.05, 0.1) is 19.1 Å². The summed E-state index contributed by atoms with van der Waals surface area (Å²) in [6.45, 7) is 8.95. The van der Waals surface area contributed by atoms with E-state index in [4.69, 9.17) is 16.3 Å². The average molecular weight is 538 g/mol. The van der Waals surface area contributed by atoms with Crippen molar-refractivity contribution in [2.24, 2.45) is 0 Å². The van der Waals surface area contributed by atoms with Gasteiger partial charge in [-0.25, -0.2) is 8.42 Å². The van der Waals surface area contributed by atoms with E-state index in [9.17, 15) is 18.0 Å². The van der Waals surface area contributed by atoms with Crippen LogP contribution in [0.5, 0.6) is 5.75 Å². The fourth-order valence-corrected chi connectivity index (χ4v) is 4.81. The van der Waals surface area contributed by atoms with Crippen LogP contribution >= 0.6 is 11.6 Å². The molecule has 0 aliphatic carbocycles. The number of amides is 2. The van der Waals surface area contributed by atoms with Crippen LogP contribution in [0.4, 0.5) is 5.69 Å². The minimum Gasteiger partial charge on any atom is -0.495 e. The van der Waals surface area contributed by atoms with Crippen molar-refractivity contribution in [2.45, 2.75) is 59.2 Å². The SMILES string of the molecule is CC[C@H](C(=O)NC(C)(C)C)N(Cc1ccccc1C)C(=O)CN(c1cc(Cl)ccc1OC)S(C)(=O)=O. The third-order valence-corrected chi connectivity index (χ3v) is 6.94. The Kier molecular flexibility index (Phi) is 9.79. The number of sulfonamides is 1. The van der Waals surface area contributed by atoms with Crippen molar-refractivity contribution in [1.82, 2.24) is 10.2 Å². The minimum atomic E-state index is -3.91. The Morgan fingerprint density at radius 3 is 2.31 bits per heavy atom. The summed E-state index contributed by atoms with van der Waals surface area (Å²) in [5.41, 5.74) is 1.45. The number of carbonyl (C=O) groups excluding carboxylic acids is 2. The van der Waals surface area contributed by atoms with Crippen molar-refractivity contribution in [1.29, 1.82) is 0 Å². The average Bonchev–Trinajstić information content (AvgIpc) is 2.76. The van der Waals surface area contributed by atoms with E-state index in [1.807, 2.05) is 58.9 Å².